The fourth-order valence-electron chi connectivity index (χ4n) is 3.66. The third-order valence-corrected chi connectivity index (χ3v) is 7.17. The molecule has 0 spiro atoms. The molecule has 0 saturated carbocycles. The standard InChI is InChI=1S/C19H20N4O5S/c1-28-14-6-7-18(17(12-14)23(24)25)29(26,27)22-10-8-13(9-11-22)19-20-15-4-2-3-5-16(15)21-19/h2-7,12-13H,8-11H2,1H3,(H,20,21). The van der Waals surface area contributed by atoms with E-state index in [2.05, 4.69) is 9.97 Å². The molecule has 3 aromatic rings. The van der Waals surface area contributed by atoms with E-state index in [4.69, 9.17) is 4.74 Å². The number of piperidine rings is 1. The first kappa shape index (κ1) is 19.3. The fraction of sp³-hybridized carbons (Fsp3) is 0.316. The number of nitrogens with one attached hydrogen (secondary N) is 1. The smallest absolute Gasteiger partial charge is 0.293 e. The summed E-state index contributed by atoms with van der Waals surface area (Å²) in [6.07, 6.45) is 1.17. The highest BCUT2D eigenvalue weighted by Gasteiger charge is 2.35. The van der Waals surface area contributed by atoms with E-state index in [1.54, 1.807) is 0 Å². The highest BCUT2D eigenvalue weighted by molar-refractivity contribution is 7.89. The molecule has 1 aliphatic heterocycles. The maximum atomic E-state index is 13.1. The number of rotatable bonds is 5. The Bertz CT molecular complexity index is 1130. The Hall–Kier alpha value is -2.98. The van der Waals surface area contributed by atoms with Gasteiger partial charge in [0.05, 0.1) is 29.1 Å². The molecule has 1 aliphatic rings. The molecular formula is C19H20N4O5S. The Balaban J connectivity index is 1.55. The van der Waals surface area contributed by atoms with E-state index >= 15 is 0 Å². The number of sulfonamides is 1. The summed E-state index contributed by atoms with van der Waals surface area (Å²) in [5.41, 5.74) is 1.35. The first-order valence-corrected chi connectivity index (χ1v) is 10.6. The van der Waals surface area contributed by atoms with Gasteiger partial charge in [-0.15, -0.1) is 0 Å². The quantitative estimate of drug-likeness (QED) is 0.504. The van der Waals surface area contributed by atoms with Crippen LogP contribution in [0.3, 0.4) is 0 Å². The second-order valence-electron chi connectivity index (χ2n) is 6.91. The summed E-state index contributed by atoms with van der Waals surface area (Å²) in [5.74, 6) is 1.19. The number of nitrogens with zero attached hydrogens (tertiary/aromatic N) is 3. The topological polar surface area (TPSA) is 118 Å². The van der Waals surface area contributed by atoms with Gasteiger partial charge in [-0.25, -0.2) is 13.4 Å². The Labute approximate surface area is 167 Å². The van der Waals surface area contributed by atoms with Crippen LogP contribution in [0.1, 0.15) is 24.6 Å². The van der Waals surface area contributed by atoms with Gasteiger partial charge in [0.25, 0.3) is 5.69 Å². The van der Waals surface area contributed by atoms with Crippen LogP contribution in [0.25, 0.3) is 11.0 Å². The zero-order valence-corrected chi connectivity index (χ0v) is 16.6. The zero-order valence-electron chi connectivity index (χ0n) is 15.7. The van der Waals surface area contributed by atoms with E-state index in [1.165, 1.54) is 23.5 Å². The number of methoxy groups -OCH3 is 1. The van der Waals surface area contributed by atoms with Crippen molar-refractivity contribution in [1.82, 2.24) is 14.3 Å². The van der Waals surface area contributed by atoms with Crippen molar-refractivity contribution in [2.24, 2.45) is 0 Å². The summed E-state index contributed by atoms with van der Waals surface area (Å²) in [7, 11) is -2.62. The number of nitro groups is 1. The van der Waals surface area contributed by atoms with Gasteiger partial charge in [0.15, 0.2) is 4.90 Å². The summed E-state index contributed by atoms with van der Waals surface area (Å²) in [6, 6.07) is 11.5. The van der Waals surface area contributed by atoms with Crippen molar-refractivity contribution >= 4 is 26.7 Å². The predicted octanol–water partition coefficient (Wildman–Crippen LogP) is 3.05. The number of H-pyrrole nitrogens is 1. The van der Waals surface area contributed by atoms with Crippen LogP contribution in [-0.4, -0.2) is 47.8 Å². The third kappa shape index (κ3) is 3.56. The van der Waals surface area contributed by atoms with Crippen molar-refractivity contribution in [1.29, 1.82) is 0 Å². The largest absolute Gasteiger partial charge is 0.497 e. The molecule has 0 amide bonds. The van der Waals surface area contributed by atoms with Crippen LogP contribution in [0.15, 0.2) is 47.4 Å². The molecule has 2 heterocycles. The number of hydrogen-bond acceptors (Lipinski definition) is 6. The molecule has 9 nitrogen and oxygen atoms in total. The van der Waals surface area contributed by atoms with E-state index in [9.17, 15) is 18.5 Å². The summed E-state index contributed by atoms with van der Waals surface area (Å²) in [4.78, 5) is 18.3. The first-order chi connectivity index (χ1) is 13.9. The molecule has 2 aromatic carbocycles. The van der Waals surface area contributed by atoms with E-state index in [0.717, 1.165) is 22.9 Å². The Morgan fingerprint density at radius 3 is 2.59 bits per heavy atom. The van der Waals surface area contributed by atoms with E-state index in [-0.39, 0.29) is 29.7 Å². The van der Waals surface area contributed by atoms with Gasteiger partial charge in [-0.1, -0.05) is 12.1 Å². The molecule has 0 unspecified atom stereocenters. The first-order valence-electron chi connectivity index (χ1n) is 9.17. The number of fused-ring (bicyclic) bond motifs is 1. The summed E-state index contributed by atoms with van der Waals surface area (Å²) < 4.78 is 32.4. The van der Waals surface area contributed by atoms with Crippen molar-refractivity contribution in [2.75, 3.05) is 20.2 Å². The predicted molar refractivity (Wildman–Crippen MR) is 106 cm³/mol. The number of para-hydroxylation sites is 2. The van der Waals surface area contributed by atoms with Gasteiger partial charge in [0.2, 0.25) is 10.0 Å². The normalized spacial score (nSPS) is 16.2. The summed E-state index contributed by atoms with van der Waals surface area (Å²) in [6.45, 7) is 0.542. The number of imidazole rings is 1. The highest BCUT2D eigenvalue weighted by atomic mass is 32.2. The van der Waals surface area contributed by atoms with Gasteiger partial charge in [-0.05, 0) is 37.1 Å². The lowest BCUT2D eigenvalue weighted by Gasteiger charge is -2.30. The molecule has 1 N–H and O–H groups in total. The van der Waals surface area contributed by atoms with Gasteiger partial charge in [-0.3, -0.25) is 10.1 Å². The van der Waals surface area contributed by atoms with Crippen LogP contribution >= 0.6 is 0 Å². The molecule has 0 atom stereocenters. The molecule has 0 radical (unpaired) electrons. The van der Waals surface area contributed by atoms with Crippen LogP contribution in [0, 0.1) is 10.1 Å². The minimum atomic E-state index is -3.99. The van der Waals surface area contributed by atoms with Crippen LogP contribution in [-0.2, 0) is 10.0 Å². The summed E-state index contributed by atoms with van der Waals surface area (Å²) >= 11 is 0. The van der Waals surface area contributed by atoms with Gasteiger partial charge >= 0.3 is 0 Å². The number of nitro benzene ring substituents is 1. The average molecular weight is 416 g/mol. The zero-order chi connectivity index (χ0) is 20.6. The van der Waals surface area contributed by atoms with E-state index < -0.39 is 20.6 Å². The van der Waals surface area contributed by atoms with Crippen molar-refractivity contribution in [3.05, 3.63) is 58.4 Å². The monoisotopic (exact) mass is 416 g/mol. The van der Waals surface area contributed by atoms with Crippen molar-refractivity contribution in [3.63, 3.8) is 0 Å². The second kappa shape index (κ2) is 7.45. The lowest BCUT2D eigenvalue weighted by molar-refractivity contribution is -0.387. The van der Waals surface area contributed by atoms with Gasteiger partial charge in [0.1, 0.15) is 11.6 Å². The molecule has 4 rings (SSSR count). The number of benzene rings is 2. The molecule has 10 heteroatoms. The van der Waals surface area contributed by atoms with Gasteiger partial charge in [-0.2, -0.15) is 4.31 Å². The molecule has 29 heavy (non-hydrogen) atoms. The minimum Gasteiger partial charge on any atom is -0.497 e. The Morgan fingerprint density at radius 1 is 1.21 bits per heavy atom. The Kier molecular flexibility index (Phi) is 4.97. The molecule has 1 saturated heterocycles. The maximum Gasteiger partial charge on any atom is 0.293 e. The number of hydrogen-bond donors (Lipinski definition) is 1. The number of aromatic amines is 1. The van der Waals surface area contributed by atoms with Gasteiger partial charge < -0.3 is 9.72 Å². The SMILES string of the molecule is COc1ccc(S(=O)(=O)N2CCC(c3nc4ccccc4[nH]3)CC2)c([N+](=O)[O-])c1. The van der Waals surface area contributed by atoms with Crippen molar-refractivity contribution in [3.8, 4) is 5.75 Å². The molecule has 0 aliphatic carbocycles. The molecule has 1 aromatic heterocycles. The van der Waals surface area contributed by atoms with Crippen LogP contribution in [0.4, 0.5) is 5.69 Å². The Morgan fingerprint density at radius 2 is 1.93 bits per heavy atom. The van der Waals surface area contributed by atoms with E-state index in [1.807, 2.05) is 24.3 Å². The highest BCUT2D eigenvalue weighted by Crippen LogP contribution is 2.34. The second-order valence-corrected chi connectivity index (χ2v) is 8.81. The van der Waals surface area contributed by atoms with Crippen LogP contribution < -0.4 is 4.74 Å². The summed E-state index contributed by atoms with van der Waals surface area (Å²) in [5, 5.41) is 11.4. The van der Waals surface area contributed by atoms with Crippen molar-refractivity contribution < 1.29 is 18.1 Å². The number of aromatic nitrogens is 2. The molecule has 1 fully saturated rings. The fourth-order valence-corrected chi connectivity index (χ4v) is 5.27. The lowest BCUT2D eigenvalue weighted by atomic mass is 9.97. The maximum absolute atomic E-state index is 13.1. The molecule has 0 bridgehead atoms. The molecule has 152 valence electrons. The number of ether oxygens (including phenoxy) is 1. The van der Waals surface area contributed by atoms with Crippen LogP contribution in [0.5, 0.6) is 5.75 Å². The lowest BCUT2D eigenvalue weighted by Crippen LogP contribution is -2.38. The minimum absolute atomic E-state index is 0.111. The molecular weight excluding hydrogens is 396 g/mol. The van der Waals surface area contributed by atoms with Crippen LogP contribution in [0.2, 0.25) is 0 Å². The van der Waals surface area contributed by atoms with Gasteiger partial charge in [0, 0.05) is 19.0 Å². The third-order valence-electron chi connectivity index (χ3n) is 5.23. The van der Waals surface area contributed by atoms with Crippen molar-refractivity contribution in [2.45, 2.75) is 23.7 Å². The van der Waals surface area contributed by atoms with E-state index in [0.29, 0.717) is 12.8 Å². The average Bonchev–Trinajstić information content (AvgIpc) is 3.17.